The molecule has 1 saturated carbocycles. The van der Waals surface area contributed by atoms with E-state index in [0.717, 1.165) is 30.8 Å². The fourth-order valence-electron chi connectivity index (χ4n) is 3.31. The molecule has 0 aliphatic heterocycles. The van der Waals surface area contributed by atoms with Gasteiger partial charge in [0, 0.05) is 0 Å². The number of unbranched alkanes of at least 4 members (excludes halogenated alkanes) is 2. The molecule has 0 radical (unpaired) electrons. The molecule has 0 aromatic heterocycles. The third-order valence-corrected chi connectivity index (χ3v) is 4.57. The summed E-state index contributed by atoms with van der Waals surface area (Å²) in [4.78, 5) is 0. The lowest BCUT2D eigenvalue weighted by atomic mass is 9.71. The van der Waals surface area contributed by atoms with E-state index in [0.29, 0.717) is 0 Å². The Bertz CT molecular complexity index is 182. The first-order chi connectivity index (χ1) is 8.27. The minimum absolute atomic E-state index is 0.862. The van der Waals surface area contributed by atoms with Gasteiger partial charge >= 0.3 is 0 Å². The molecule has 1 aliphatic carbocycles. The van der Waals surface area contributed by atoms with Crippen molar-refractivity contribution in [1.82, 2.24) is 0 Å². The minimum atomic E-state index is 0.862. The lowest BCUT2D eigenvalue weighted by Crippen LogP contribution is -2.23. The molecule has 1 fully saturated rings. The van der Waals surface area contributed by atoms with E-state index in [2.05, 4.69) is 6.92 Å². The standard InChI is InChI=1S/C15H32N2/c1-13-8-9-14(6-2-4-10-16)12-15(13)7-3-5-11-17/h13-15H,2-12,16-17H2,1H3. The molecule has 2 heteroatoms. The number of hydrogen-bond acceptors (Lipinski definition) is 2. The van der Waals surface area contributed by atoms with Crippen LogP contribution >= 0.6 is 0 Å². The molecule has 3 atom stereocenters. The van der Waals surface area contributed by atoms with Crippen LogP contribution in [0.2, 0.25) is 0 Å². The smallest absolute Gasteiger partial charge is 0.00773 e. The molecule has 0 amide bonds. The Balaban J connectivity index is 2.21. The first-order valence-corrected chi connectivity index (χ1v) is 7.68. The van der Waals surface area contributed by atoms with Gasteiger partial charge in [-0.3, -0.25) is 0 Å². The van der Waals surface area contributed by atoms with Crippen molar-refractivity contribution in [2.75, 3.05) is 13.1 Å². The Hall–Kier alpha value is -0.0800. The summed E-state index contributed by atoms with van der Waals surface area (Å²) < 4.78 is 0. The average molecular weight is 240 g/mol. The second-order valence-electron chi connectivity index (χ2n) is 5.99. The van der Waals surface area contributed by atoms with E-state index in [1.54, 1.807) is 0 Å². The molecule has 0 saturated heterocycles. The minimum Gasteiger partial charge on any atom is -0.330 e. The predicted octanol–water partition coefficient (Wildman–Crippen LogP) is 3.30. The summed E-state index contributed by atoms with van der Waals surface area (Å²) in [7, 11) is 0. The van der Waals surface area contributed by atoms with Crippen LogP contribution in [-0.2, 0) is 0 Å². The van der Waals surface area contributed by atoms with E-state index in [1.165, 1.54) is 57.8 Å². The summed E-state index contributed by atoms with van der Waals surface area (Å²) in [6, 6.07) is 0. The normalized spacial score (nSPS) is 29.5. The molecule has 1 rings (SSSR count). The molecule has 1 aliphatic rings. The van der Waals surface area contributed by atoms with Crippen LogP contribution in [0.25, 0.3) is 0 Å². The largest absolute Gasteiger partial charge is 0.330 e. The van der Waals surface area contributed by atoms with E-state index in [1.807, 2.05) is 0 Å². The highest BCUT2D eigenvalue weighted by Crippen LogP contribution is 2.38. The molecule has 0 aromatic carbocycles. The lowest BCUT2D eigenvalue weighted by Gasteiger charge is -2.34. The van der Waals surface area contributed by atoms with Gasteiger partial charge in [0.05, 0.1) is 0 Å². The molecule has 4 N–H and O–H groups in total. The molecule has 0 bridgehead atoms. The summed E-state index contributed by atoms with van der Waals surface area (Å²) in [5, 5.41) is 0. The molecule has 102 valence electrons. The van der Waals surface area contributed by atoms with Gasteiger partial charge in [0.1, 0.15) is 0 Å². The number of hydrogen-bond donors (Lipinski definition) is 2. The third kappa shape index (κ3) is 5.87. The maximum atomic E-state index is 5.58. The van der Waals surface area contributed by atoms with Gasteiger partial charge in [0.15, 0.2) is 0 Å². The first kappa shape index (κ1) is 15.0. The summed E-state index contributed by atoms with van der Waals surface area (Å²) >= 11 is 0. The van der Waals surface area contributed by atoms with E-state index in [9.17, 15) is 0 Å². The van der Waals surface area contributed by atoms with Crippen molar-refractivity contribution in [2.45, 2.75) is 64.7 Å². The highest BCUT2D eigenvalue weighted by molar-refractivity contribution is 4.78. The Morgan fingerprint density at radius 3 is 2.18 bits per heavy atom. The number of nitrogens with two attached hydrogens (primary N) is 2. The fraction of sp³-hybridized carbons (Fsp3) is 1.00. The van der Waals surface area contributed by atoms with Crippen molar-refractivity contribution in [3.8, 4) is 0 Å². The van der Waals surface area contributed by atoms with Gasteiger partial charge in [-0.15, -0.1) is 0 Å². The van der Waals surface area contributed by atoms with Crippen LogP contribution in [0.15, 0.2) is 0 Å². The van der Waals surface area contributed by atoms with Crippen LogP contribution in [-0.4, -0.2) is 13.1 Å². The van der Waals surface area contributed by atoms with E-state index >= 15 is 0 Å². The van der Waals surface area contributed by atoms with Crippen molar-refractivity contribution < 1.29 is 0 Å². The van der Waals surface area contributed by atoms with Gasteiger partial charge < -0.3 is 11.5 Å². The summed E-state index contributed by atoms with van der Waals surface area (Å²) in [6.45, 7) is 4.17. The maximum Gasteiger partial charge on any atom is -0.00773 e. The van der Waals surface area contributed by atoms with Crippen LogP contribution in [0.5, 0.6) is 0 Å². The molecule has 0 aromatic rings. The SMILES string of the molecule is CC1CCC(CCCCN)CC1CCCCN. The van der Waals surface area contributed by atoms with Gasteiger partial charge in [-0.2, -0.15) is 0 Å². The Labute approximate surface area is 108 Å². The van der Waals surface area contributed by atoms with Gasteiger partial charge in [-0.1, -0.05) is 45.4 Å². The zero-order valence-corrected chi connectivity index (χ0v) is 11.7. The van der Waals surface area contributed by atoms with E-state index in [-0.39, 0.29) is 0 Å². The highest BCUT2D eigenvalue weighted by atomic mass is 14.5. The van der Waals surface area contributed by atoms with E-state index in [4.69, 9.17) is 11.5 Å². The maximum absolute atomic E-state index is 5.58. The molecule has 3 unspecified atom stereocenters. The van der Waals surface area contributed by atoms with E-state index < -0.39 is 0 Å². The predicted molar refractivity (Wildman–Crippen MR) is 75.8 cm³/mol. The van der Waals surface area contributed by atoms with Gasteiger partial charge in [0.25, 0.3) is 0 Å². The Morgan fingerprint density at radius 1 is 0.882 bits per heavy atom. The van der Waals surface area contributed by atoms with Gasteiger partial charge in [-0.05, 0) is 50.1 Å². The van der Waals surface area contributed by atoms with Crippen LogP contribution in [0, 0.1) is 17.8 Å². The zero-order valence-electron chi connectivity index (χ0n) is 11.7. The van der Waals surface area contributed by atoms with Crippen molar-refractivity contribution in [2.24, 2.45) is 29.2 Å². The van der Waals surface area contributed by atoms with Crippen LogP contribution in [0.3, 0.4) is 0 Å². The topological polar surface area (TPSA) is 52.0 Å². The lowest BCUT2D eigenvalue weighted by molar-refractivity contribution is 0.171. The fourth-order valence-corrected chi connectivity index (χ4v) is 3.31. The van der Waals surface area contributed by atoms with Crippen molar-refractivity contribution in [3.63, 3.8) is 0 Å². The Kier molecular flexibility index (Phi) is 7.87. The molecule has 0 spiro atoms. The van der Waals surface area contributed by atoms with Crippen LogP contribution in [0.1, 0.15) is 64.7 Å². The molecular formula is C15H32N2. The number of rotatable bonds is 8. The molecule has 2 nitrogen and oxygen atoms in total. The van der Waals surface area contributed by atoms with Crippen molar-refractivity contribution in [3.05, 3.63) is 0 Å². The molecular weight excluding hydrogens is 208 g/mol. The average Bonchev–Trinajstić information content (AvgIpc) is 2.33. The highest BCUT2D eigenvalue weighted by Gasteiger charge is 2.26. The van der Waals surface area contributed by atoms with Crippen molar-refractivity contribution >= 4 is 0 Å². The second-order valence-corrected chi connectivity index (χ2v) is 5.99. The summed E-state index contributed by atoms with van der Waals surface area (Å²) in [5.41, 5.74) is 11.1. The van der Waals surface area contributed by atoms with Gasteiger partial charge in [-0.25, -0.2) is 0 Å². The summed E-state index contributed by atoms with van der Waals surface area (Å²) in [6.07, 6.45) is 12.3. The molecule has 17 heavy (non-hydrogen) atoms. The Morgan fingerprint density at radius 2 is 1.53 bits per heavy atom. The first-order valence-electron chi connectivity index (χ1n) is 7.68. The zero-order chi connectivity index (χ0) is 12.5. The molecule has 0 heterocycles. The van der Waals surface area contributed by atoms with Crippen LogP contribution < -0.4 is 11.5 Å². The monoisotopic (exact) mass is 240 g/mol. The summed E-state index contributed by atoms with van der Waals surface area (Å²) in [5.74, 6) is 2.90. The quantitative estimate of drug-likeness (QED) is 0.640. The third-order valence-electron chi connectivity index (χ3n) is 4.57. The van der Waals surface area contributed by atoms with Gasteiger partial charge in [0.2, 0.25) is 0 Å². The van der Waals surface area contributed by atoms with Crippen LogP contribution in [0.4, 0.5) is 0 Å². The second kappa shape index (κ2) is 8.93. The van der Waals surface area contributed by atoms with Crippen molar-refractivity contribution in [1.29, 1.82) is 0 Å².